The third-order valence-corrected chi connectivity index (χ3v) is 3.58. The first kappa shape index (κ1) is 12.9. The normalized spacial score (nSPS) is 17.4. The summed E-state index contributed by atoms with van der Waals surface area (Å²) in [6.07, 6.45) is 1.62. The third kappa shape index (κ3) is 2.12. The molecule has 0 amide bonds. The van der Waals surface area contributed by atoms with Crippen molar-refractivity contribution in [1.29, 1.82) is 0 Å². The van der Waals surface area contributed by atoms with Gasteiger partial charge in [-0.25, -0.2) is 4.98 Å². The Hall–Kier alpha value is -2.07. The van der Waals surface area contributed by atoms with Crippen LogP contribution >= 0.6 is 0 Å². The van der Waals surface area contributed by atoms with Crippen LogP contribution in [0, 0.1) is 0 Å². The van der Waals surface area contributed by atoms with Crippen molar-refractivity contribution in [2.75, 3.05) is 5.73 Å². The molecule has 104 valence electrons. The highest BCUT2D eigenvalue weighted by Gasteiger charge is 2.33. The molecule has 1 aromatic heterocycles. The largest absolute Gasteiger partial charge is 0.487 e. The first-order chi connectivity index (χ1) is 9.48. The van der Waals surface area contributed by atoms with Crippen molar-refractivity contribution in [3.8, 4) is 5.75 Å². The quantitative estimate of drug-likeness (QED) is 0.879. The highest BCUT2D eigenvalue weighted by Crippen LogP contribution is 2.41. The summed E-state index contributed by atoms with van der Waals surface area (Å²) in [6, 6.07) is 9.40. The van der Waals surface area contributed by atoms with Crippen LogP contribution in [0.3, 0.4) is 0 Å². The average molecular weight is 270 g/mol. The van der Waals surface area contributed by atoms with E-state index in [0.29, 0.717) is 11.4 Å². The molecule has 0 radical (unpaired) electrons. The Morgan fingerprint density at radius 3 is 2.75 bits per heavy atom. The van der Waals surface area contributed by atoms with E-state index in [1.807, 2.05) is 32.0 Å². The van der Waals surface area contributed by atoms with E-state index in [2.05, 4.69) is 4.98 Å². The zero-order valence-corrected chi connectivity index (χ0v) is 11.6. The number of nitrogens with two attached hydrogens (primary N) is 1. The fraction of sp³-hybridized carbons (Fsp3) is 0.312. The minimum atomic E-state index is -0.826. The number of pyridine rings is 1. The van der Waals surface area contributed by atoms with Crippen molar-refractivity contribution in [2.24, 2.45) is 0 Å². The van der Waals surface area contributed by atoms with Gasteiger partial charge in [0.15, 0.2) is 0 Å². The number of hydrogen-bond donors (Lipinski definition) is 2. The van der Waals surface area contributed by atoms with Gasteiger partial charge in [0.2, 0.25) is 0 Å². The minimum Gasteiger partial charge on any atom is -0.487 e. The van der Waals surface area contributed by atoms with E-state index in [1.165, 1.54) is 0 Å². The molecule has 20 heavy (non-hydrogen) atoms. The van der Waals surface area contributed by atoms with Gasteiger partial charge in [-0.3, -0.25) is 0 Å². The Bertz CT molecular complexity index is 653. The molecule has 1 aromatic carbocycles. The van der Waals surface area contributed by atoms with E-state index in [-0.39, 0.29) is 5.60 Å². The Kier molecular flexibility index (Phi) is 2.91. The first-order valence-corrected chi connectivity index (χ1v) is 6.67. The summed E-state index contributed by atoms with van der Waals surface area (Å²) in [4.78, 5) is 4.02. The highest BCUT2D eigenvalue weighted by molar-refractivity contribution is 5.52. The standard InChI is InChI=1S/C16H18N2O2/c1-16(2)9-10-5-3-6-11(14(10)20-16)13(19)12-7-4-8-18-15(12)17/h3-8,13,19H,9H2,1-2H3,(H2,17,18). The monoisotopic (exact) mass is 270 g/mol. The zero-order chi connectivity index (χ0) is 14.3. The molecule has 0 saturated carbocycles. The van der Waals surface area contributed by atoms with Crippen molar-refractivity contribution in [3.05, 3.63) is 53.2 Å². The van der Waals surface area contributed by atoms with Crippen LogP contribution in [0.15, 0.2) is 36.5 Å². The van der Waals surface area contributed by atoms with E-state index in [0.717, 1.165) is 23.3 Å². The van der Waals surface area contributed by atoms with Crippen LogP contribution in [0.25, 0.3) is 0 Å². The number of nitrogen functional groups attached to an aromatic ring is 1. The lowest BCUT2D eigenvalue weighted by molar-refractivity contribution is 0.131. The highest BCUT2D eigenvalue weighted by atomic mass is 16.5. The van der Waals surface area contributed by atoms with Crippen molar-refractivity contribution < 1.29 is 9.84 Å². The molecule has 0 saturated heterocycles. The van der Waals surface area contributed by atoms with E-state index in [1.54, 1.807) is 18.3 Å². The van der Waals surface area contributed by atoms with Crippen LogP contribution in [0.4, 0.5) is 5.82 Å². The molecule has 4 heteroatoms. The summed E-state index contributed by atoms with van der Waals surface area (Å²) in [5.74, 6) is 1.11. The maximum absolute atomic E-state index is 10.6. The first-order valence-electron chi connectivity index (χ1n) is 6.67. The van der Waals surface area contributed by atoms with Gasteiger partial charge in [0.1, 0.15) is 23.3 Å². The fourth-order valence-electron chi connectivity index (χ4n) is 2.68. The molecule has 2 heterocycles. The maximum atomic E-state index is 10.6. The predicted octanol–water partition coefficient (Wildman–Crippen LogP) is 2.46. The molecule has 0 aliphatic carbocycles. The van der Waals surface area contributed by atoms with Gasteiger partial charge in [0, 0.05) is 23.7 Å². The van der Waals surface area contributed by atoms with E-state index in [9.17, 15) is 5.11 Å². The molecule has 1 aliphatic heterocycles. The minimum absolute atomic E-state index is 0.237. The Morgan fingerprint density at radius 1 is 1.25 bits per heavy atom. The van der Waals surface area contributed by atoms with Crippen LogP contribution < -0.4 is 10.5 Å². The van der Waals surface area contributed by atoms with Crippen molar-refractivity contribution in [2.45, 2.75) is 32.0 Å². The number of para-hydroxylation sites is 1. The topological polar surface area (TPSA) is 68.4 Å². The number of fused-ring (bicyclic) bond motifs is 1. The van der Waals surface area contributed by atoms with Gasteiger partial charge < -0.3 is 15.6 Å². The SMILES string of the molecule is CC1(C)Cc2cccc(C(O)c3cccnc3N)c2O1. The Balaban J connectivity index is 2.05. The Labute approximate surface area is 118 Å². The van der Waals surface area contributed by atoms with Gasteiger partial charge in [0.05, 0.1) is 0 Å². The third-order valence-electron chi connectivity index (χ3n) is 3.58. The van der Waals surface area contributed by atoms with Crippen molar-refractivity contribution in [3.63, 3.8) is 0 Å². The van der Waals surface area contributed by atoms with Crippen LogP contribution in [-0.4, -0.2) is 15.7 Å². The van der Waals surface area contributed by atoms with E-state index < -0.39 is 6.10 Å². The molecular formula is C16H18N2O2. The number of anilines is 1. The summed E-state index contributed by atoms with van der Waals surface area (Å²) in [7, 11) is 0. The number of rotatable bonds is 2. The molecule has 3 N–H and O–H groups in total. The van der Waals surface area contributed by atoms with Crippen molar-refractivity contribution >= 4 is 5.82 Å². The lowest BCUT2D eigenvalue weighted by Gasteiger charge is -2.20. The molecular weight excluding hydrogens is 252 g/mol. The van der Waals surface area contributed by atoms with Crippen molar-refractivity contribution in [1.82, 2.24) is 4.98 Å². The number of benzene rings is 1. The molecule has 1 aliphatic rings. The molecule has 2 aromatic rings. The number of aromatic nitrogens is 1. The number of ether oxygens (including phenoxy) is 1. The van der Waals surface area contributed by atoms with Crippen LogP contribution in [0.5, 0.6) is 5.75 Å². The van der Waals surface area contributed by atoms with Gasteiger partial charge in [-0.05, 0) is 25.5 Å². The Morgan fingerprint density at radius 2 is 2.00 bits per heavy atom. The van der Waals surface area contributed by atoms with Gasteiger partial charge in [-0.1, -0.05) is 24.3 Å². The summed E-state index contributed by atoms with van der Waals surface area (Å²) in [5.41, 5.74) is 8.08. The second kappa shape index (κ2) is 4.49. The maximum Gasteiger partial charge on any atom is 0.129 e. The number of hydrogen-bond acceptors (Lipinski definition) is 4. The van der Waals surface area contributed by atoms with Crippen LogP contribution in [0.1, 0.15) is 36.6 Å². The van der Waals surface area contributed by atoms with E-state index >= 15 is 0 Å². The number of aliphatic hydroxyl groups is 1. The molecule has 0 bridgehead atoms. The smallest absolute Gasteiger partial charge is 0.129 e. The predicted molar refractivity (Wildman–Crippen MR) is 77.6 cm³/mol. The summed E-state index contributed by atoms with van der Waals surface area (Å²) in [6.45, 7) is 4.09. The van der Waals surface area contributed by atoms with E-state index in [4.69, 9.17) is 10.5 Å². The molecule has 1 unspecified atom stereocenters. The fourth-order valence-corrected chi connectivity index (χ4v) is 2.68. The number of nitrogens with zero attached hydrogens (tertiary/aromatic N) is 1. The van der Waals surface area contributed by atoms with Gasteiger partial charge in [-0.15, -0.1) is 0 Å². The number of aliphatic hydroxyl groups excluding tert-OH is 1. The molecule has 3 rings (SSSR count). The van der Waals surface area contributed by atoms with Crippen LogP contribution in [-0.2, 0) is 6.42 Å². The van der Waals surface area contributed by atoms with Gasteiger partial charge in [0.25, 0.3) is 0 Å². The molecule has 4 nitrogen and oxygen atoms in total. The van der Waals surface area contributed by atoms with Crippen LogP contribution in [0.2, 0.25) is 0 Å². The summed E-state index contributed by atoms with van der Waals surface area (Å²) < 4.78 is 5.99. The lowest BCUT2D eigenvalue weighted by Crippen LogP contribution is -2.25. The zero-order valence-electron chi connectivity index (χ0n) is 11.6. The molecule has 0 fully saturated rings. The molecule has 1 atom stereocenters. The second-order valence-electron chi connectivity index (χ2n) is 5.75. The summed E-state index contributed by atoms with van der Waals surface area (Å²) >= 11 is 0. The lowest BCUT2D eigenvalue weighted by atomic mass is 9.96. The second-order valence-corrected chi connectivity index (χ2v) is 5.75. The summed E-state index contributed by atoms with van der Waals surface area (Å²) in [5, 5.41) is 10.6. The van der Waals surface area contributed by atoms with Gasteiger partial charge in [-0.2, -0.15) is 0 Å². The molecule has 0 spiro atoms. The average Bonchev–Trinajstić information content (AvgIpc) is 2.72. The van der Waals surface area contributed by atoms with Gasteiger partial charge >= 0.3 is 0 Å².